The molecule has 5 heteroatoms. The van der Waals surface area contributed by atoms with E-state index in [0.29, 0.717) is 17.3 Å². The van der Waals surface area contributed by atoms with Crippen molar-refractivity contribution < 1.29 is 9.90 Å². The average Bonchev–Trinajstić information content (AvgIpc) is 2.64. The lowest BCUT2D eigenvalue weighted by molar-refractivity contribution is 0.101. The first-order chi connectivity index (χ1) is 12.5. The number of ketones is 1. The molecule has 3 aromatic rings. The van der Waals surface area contributed by atoms with Gasteiger partial charge in [0.15, 0.2) is 5.78 Å². The van der Waals surface area contributed by atoms with E-state index in [1.165, 1.54) is 13.0 Å². The van der Waals surface area contributed by atoms with Crippen molar-refractivity contribution in [3.05, 3.63) is 82.9 Å². The minimum atomic E-state index is -0.229. The molecule has 26 heavy (non-hydrogen) atoms. The summed E-state index contributed by atoms with van der Waals surface area (Å²) in [5.74, 6) is -0.303. The number of hydrogen-bond donors (Lipinski definition) is 2. The Balaban J connectivity index is 1.82. The molecule has 3 nitrogen and oxygen atoms in total. The second-order valence-electron chi connectivity index (χ2n) is 5.78. The van der Waals surface area contributed by atoms with E-state index in [1.807, 2.05) is 36.4 Å². The number of carbonyl (C=O) groups is 1. The van der Waals surface area contributed by atoms with E-state index in [1.54, 1.807) is 17.8 Å². The van der Waals surface area contributed by atoms with Gasteiger partial charge in [0, 0.05) is 21.4 Å². The Hall–Kier alpha value is -2.43. The van der Waals surface area contributed by atoms with Gasteiger partial charge < -0.3 is 10.4 Å². The molecular weight excluding hydrogens is 366 g/mol. The molecule has 0 fully saturated rings. The van der Waals surface area contributed by atoms with Crippen molar-refractivity contribution >= 4 is 34.8 Å². The summed E-state index contributed by atoms with van der Waals surface area (Å²) >= 11 is 7.76. The van der Waals surface area contributed by atoms with Crippen LogP contribution in [0.5, 0.6) is 5.75 Å². The summed E-state index contributed by atoms with van der Waals surface area (Å²) < 4.78 is 0. The predicted octanol–water partition coefficient (Wildman–Crippen LogP) is 6.01. The van der Waals surface area contributed by atoms with Gasteiger partial charge >= 0.3 is 0 Å². The summed E-state index contributed by atoms with van der Waals surface area (Å²) in [6.45, 7) is 1.90. The van der Waals surface area contributed by atoms with Crippen LogP contribution in [-0.4, -0.2) is 10.9 Å². The van der Waals surface area contributed by atoms with Gasteiger partial charge in [0.05, 0.1) is 11.3 Å². The lowest BCUT2D eigenvalue weighted by Crippen LogP contribution is -2.03. The van der Waals surface area contributed by atoms with Crippen molar-refractivity contribution in [3.8, 4) is 5.75 Å². The molecule has 0 heterocycles. The monoisotopic (exact) mass is 383 g/mol. The summed E-state index contributed by atoms with van der Waals surface area (Å²) in [4.78, 5) is 13.9. The van der Waals surface area contributed by atoms with Crippen molar-refractivity contribution in [1.29, 1.82) is 0 Å². The second-order valence-corrected chi connectivity index (χ2v) is 7.33. The van der Waals surface area contributed by atoms with Crippen LogP contribution in [0.3, 0.4) is 0 Å². The highest BCUT2D eigenvalue weighted by Gasteiger charge is 2.13. The smallest absolute Gasteiger partial charge is 0.163 e. The molecule has 0 saturated heterocycles. The largest absolute Gasteiger partial charge is 0.505 e. The predicted molar refractivity (Wildman–Crippen MR) is 107 cm³/mol. The Labute approximate surface area is 162 Å². The van der Waals surface area contributed by atoms with Gasteiger partial charge in [-0.25, -0.2) is 0 Å². The molecule has 0 aliphatic carbocycles. The SMILES string of the molecule is CC(=O)c1cc(Cl)cc(NCc2ccccc2Sc2ccccc2)c1O. The summed E-state index contributed by atoms with van der Waals surface area (Å²) in [6.07, 6.45) is 0. The molecule has 0 aliphatic heterocycles. The first-order valence-electron chi connectivity index (χ1n) is 8.12. The number of Topliss-reactive ketones (excluding diaryl/α,β-unsaturated/α-hetero) is 1. The molecule has 0 amide bonds. The van der Waals surface area contributed by atoms with Gasteiger partial charge in [0.25, 0.3) is 0 Å². The minimum absolute atomic E-state index is 0.0740. The van der Waals surface area contributed by atoms with Crippen molar-refractivity contribution in [2.24, 2.45) is 0 Å². The van der Waals surface area contributed by atoms with Crippen LogP contribution in [0.2, 0.25) is 5.02 Å². The topological polar surface area (TPSA) is 49.3 Å². The molecule has 0 saturated carbocycles. The third kappa shape index (κ3) is 4.40. The quantitative estimate of drug-likeness (QED) is 0.404. The van der Waals surface area contributed by atoms with E-state index in [9.17, 15) is 9.90 Å². The fourth-order valence-electron chi connectivity index (χ4n) is 2.56. The maximum atomic E-state index is 11.7. The zero-order valence-electron chi connectivity index (χ0n) is 14.2. The van der Waals surface area contributed by atoms with E-state index >= 15 is 0 Å². The molecule has 2 N–H and O–H groups in total. The van der Waals surface area contributed by atoms with Gasteiger partial charge in [-0.3, -0.25) is 4.79 Å². The number of aromatic hydroxyl groups is 1. The second kappa shape index (κ2) is 8.30. The van der Waals surface area contributed by atoms with Gasteiger partial charge in [-0.15, -0.1) is 0 Å². The first kappa shape index (κ1) is 18.4. The standard InChI is InChI=1S/C21H18ClNO2S/c1-14(24)18-11-16(22)12-19(21(18)25)23-13-15-7-5-6-10-20(15)26-17-8-3-2-4-9-17/h2-12,23,25H,13H2,1H3. The highest BCUT2D eigenvalue weighted by atomic mass is 35.5. The van der Waals surface area contributed by atoms with Crippen LogP contribution in [0.1, 0.15) is 22.8 Å². The van der Waals surface area contributed by atoms with Crippen LogP contribution < -0.4 is 5.32 Å². The number of anilines is 1. The normalized spacial score (nSPS) is 10.5. The Bertz CT molecular complexity index is 929. The number of phenolic OH excluding ortho intramolecular Hbond substituents is 1. The zero-order chi connectivity index (χ0) is 18.5. The number of nitrogens with one attached hydrogen (secondary N) is 1. The Kier molecular flexibility index (Phi) is 5.86. The number of phenols is 1. The maximum Gasteiger partial charge on any atom is 0.163 e. The number of benzene rings is 3. The zero-order valence-corrected chi connectivity index (χ0v) is 15.8. The molecule has 132 valence electrons. The van der Waals surface area contributed by atoms with Crippen molar-refractivity contribution in [2.45, 2.75) is 23.3 Å². The molecule has 0 unspecified atom stereocenters. The van der Waals surface area contributed by atoms with E-state index in [-0.39, 0.29) is 17.1 Å². The fraction of sp³-hybridized carbons (Fsp3) is 0.0952. The van der Waals surface area contributed by atoms with Gasteiger partial charge in [0.2, 0.25) is 0 Å². The third-order valence-electron chi connectivity index (χ3n) is 3.87. The number of halogens is 1. The highest BCUT2D eigenvalue weighted by molar-refractivity contribution is 7.99. The lowest BCUT2D eigenvalue weighted by atomic mass is 10.1. The molecule has 0 radical (unpaired) electrons. The summed E-state index contributed by atoms with van der Waals surface area (Å²) in [5.41, 5.74) is 1.75. The molecule has 0 aromatic heterocycles. The maximum absolute atomic E-state index is 11.7. The van der Waals surface area contributed by atoms with Crippen LogP contribution in [-0.2, 0) is 6.54 Å². The molecule has 0 bridgehead atoms. The van der Waals surface area contributed by atoms with Gasteiger partial charge in [0.1, 0.15) is 5.75 Å². The molecule has 0 atom stereocenters. The fourth-order valence-corrected chi connectivity index (χ4v) is 3.74. The van der Waals surface area contributed by atoms with Gasteiger partial charge in [-0.1, -0.05) is 59.8 Å². The van der Waals surface area contributed by atoms with E-state index in [0.717, 1.165) is 15.4 Å². The van der Waals surface area contributed by atoms with Gasteiger partial charge in [-0.2, -0.15) is 0 Å². The lowest BCUT2D eigenvalue weighted by Gasteiger charge is -2.14. The molecule has 0 aliphatic rings. The number of rotatable bonds is 6. The van der Waals surface area contributed by atoms with Crippen LogP contribution >= 0.6 is 23.4 Å². The summed E-state index contributed by atoms with van der Waals surface area (Å²) in [7, 11) is 0. The molecular formula is C21H18ClNO2S. The Morgan fingerprint density at radius 3 is 2.50 bits per heavy atom. The summed E-state index contributed by atoms with van der Waals surface area (Å²) in [5, 5.41) is 13.9. The Morgan fingerprint density at radius 1 is 1.08 bits per heavy atom. The number of carbonyl (C=O) groups excluding carboxylic acids is 1. The average molecular weight is 384 g/mol. The summed E-state index contributed by atoms with van der Waals surface area (Å²) in [6, 6.07) is 21.3. The van der Waals surface area contributed by atoms with Crippen molar-refractivity contribution in [1.82, 2.24) is 0 Å². The van der Waals surface area contributed by atoms with E-state index in [4.69, 9.17) is 11.6 Å². The highest BCUT2D eigenvalue weighted by Crippen LogP contribution is 2.34. The number of hydrogen-bond acceptors (Lipinski definition) is 4. The van der Waals surface area contributed by atoms with Crippen molar-refractivity contribution in [2.75, 3.05) is 5.32 Å². The van der Waals surface area contributed by atoms with Crippen LogP contribution in [0.4, 0.5) is 5.69 Å². The van der Waals surface area contributed by atoms with Crippen LogP contribution in [0.25, 0.3) is 0 Å². The van der Waals surface area contributed by atoms with E-state index < -0.39 is 0 Å². The van der Waals surface area contributed by atoms with Crippen LogP contribution in [0.15, 0.2) is 76.5 Å². The molecule has 3 aromatic carbocycles. The molecule has 0 spiro atoms. The minimum Gasteiger partial charge on any atom is -0.505 e. The van der Waals surface area contributed by atoms with E-state index in [2.05, 4.69) is 23.5 Å². The van der Waals surface area contributed by atoms with Crippen LogP contribution in [0, 0.1) is 0 Å². The van der Waals surface area contributed by atoms with Crippen molar-refractivity contribution in [3.63, 3.8) is 0 Å². The molecule has 3 rings (SSSR count). The van der Waals surface area contributed by atoms with Gasteiger partial charge in [-0.05, 0) is 42.8 Å². The first-order valence-corrected chi connectivity index (χ1v) is 9.32. The Morgan fingerprint density at radius 2 is 1.77 bits per heavy atom. The third-order valence-corrected chi connectivity index (χ3v) is 5.21.